The molecular weight excluding hydrogens is 416 g/mol. The minimum Gasteiger partial charge on any atom is -0.466 e. The molecule has 0 aliphatic carbocycles. The molecule has 0 spiro atoms. The van der Waals surface area contributed by atoms with Gasteiger partial charge >= 0.3 is 12.1 Å². The molecule has 1 rings (SSSR count). The fourth-order valence-electron chi connectivity index (χ4n) is 2.36. The van der Waals surface area contributed by atoms with Gasteiger partial charge in [0, 0.05) is 14.5 Å². The highest BCUT2D eigenvalue weighted by Gasteiger charge is 2.25. The van der Waals surface area contributed by atoms with Crippen molar-refractivity contribution >= 4 is 26.0 Å². The molecule has 0 aromatic heterocycles. The van der Waals surface area contributed by atoms with E-state index in [0.717, 1.165) is 11.6 Å². The zero-order valence-electron chi connectivity index (χ0n) is 19.4. The SMILES string of the molecule is CC(C)(C)OC(=O)N[C@@H](CCC(=O)OCC[Si](C)(C)C)C(=O)NOCc1ccccc1. The first-order valence-corrected chi connectivity index (χ1v) is 14.2. The van der Waals surface area contributed by atoms with Crippen LogP contribution in [0.1, 0.15) is 39.2 Å². The highest BCUT2D eigenvalue weighted by atomic mass is 28.3. The Bertz CT molecular complexity index is 713. The second-order valence-corrected chi connectivity index (χ2v) is 15.1. The van der Waals surface area contributed by atoms with Crippen LogP contribution in [-0.2, 0) is 30.5 Å². The first-order chi connectivity index (χ1) is 14.4. The third-order valence-corrected chi connectivity index (χ3v) is 5.72. The van der Waals surface area contributed by atoms with E-state index in [1.54, 1.807) is 20.8 Å². The molecule has 0 aliphatic rings. The largest absolute Gasteiger partial charge is 0.466 e. The maximum atomic E-state index is 12.5. The number of amides is 2. The lowest BCUT2D eigenvalue weighted by molar-refractivity contribution is -0.144. The molecule has 8 nitrogen and oxygen atoms in total. The van der Waals surface area contributed by atoms with Crippen LogP contribution < -0.4 is 10.8 Å². The van der Waals surface area contributed by atoms with Gasteiger partial charge in [0.05, 0.1) is 13.2 Å². The van der Waals surface area contributed by atoms with Crippen molar-refractivity contribution < 1.29 is 28.7 Å². The number of nitrogens with one attached hydrogen (secondary N) is 2. The van der Waals surface area contributed by atoms with Crippen LogP contribution in [0.4, 0.5) is 4.79 Å². The van der Waals surface area contributed by atoms with E-state index in [9.17, 15) is 14.4 Å². The summed E-state index contributed by atoms with van der Waals surface area (Å²) in [5, 5.41) is 2.50. The Morgan fingerprint density at radius 1 is 1.06 bits per heavy atom. The van der Waals surface area contributed by atoms with Gasteiger partial charge in [0.1, 0.15) is 11.6 Å². The van der Waals surface area contributed by atoms with Crippen molar-refractivity contribution in [3.8, 4) is 0 Å². The molecule has 9 heteroatoms. The van der Waals surface area contributed by atoms with E-state index >= 15 is 0 Å². The number of ether oxygens (including phenoxy) is 2. The molecule has 2 amide bonds. The van der Waals surface area contributed by atoms with E-state index in [2.05, 4.69) is 30.4 Å². The van der Waals surface area contributed by atoms with Gasteiger partial charge in [-0.2, -0.15) is 0 Å². The van der Waals surface area contributed by atoms with Gasteiger partial charge in [-0.3, -0.25) is 14.4 Å². The van der Waals surface area contributed by atoms with Gasteiger partial charge in [-0.1, -0.05) is 50.0 Å². The van der Waals surface area contributed by atoms with Gasteiger partial charge in [-0.25, -0.2) is 10.3 Å². The van der Waals surface area contributed by atoms with E-state index in [0.29, 0.717) is 6.61 Å². The maximum Gasteiger partial charge on any atom is 0.408 e. The molecule has 174 valence electrons. The van der Waals surface area contributed by atoms with E-state index < -0.39 is 37.7 Å². The zero-order chi connectivity index (χ0) is 23.5. The third-order valence-electron chi connectivity index (χ3n) is 4.01. The summed E-state index contributed by atoms with van der Waals surface area (Å²) >= 11 is 0. The van der Waals surface area contributed by atoms with Crippen molar-refractivity contribution in [2.45, 2.75) is 77.5 Å². The Labute approximate surface area is 186 Å². The molecule has 0 radical (unpaired) electrons. The fraction of sp³-hybridized carbons (Fsp3) is 0.591. The minimum absolute atomic E-state index is 0.0156. The average Bonchev–Trinajstić information content (AvgIpc) is 2.63. The predicted octanol–water partition coefficient (Wildman–Crippen LogP) is 3.79. The maximum absolute atomic E-state index is 12.5. The third kappa shape index (κ3) is 13.5. The van der Waals surface area contributed by atoms with Crippen molar-refractivity contribution in [2.24, 2.45) is 0 Å². The van der Waals surface area contributed by atoms with Gasteiger partial charge in [0.15, 0.2) is 0 Å². The number of alkyl carbamates (subject to hydrolysis) is 1. The second kappa shape index (κ2) is 12.5. The molecule has 0 fully saturated rings. The normalized spacial score (nSPS) is 12.6. The molecule has 0 bridgehead atoms. The number of benzene rings is 1. The Kier molecular flexibility index (Phi) is 10.7. The molecule has 0 saturated carbocycles. The molecular formula is C22H36N2O6Si. The fourth-order valence-corrected chi connectivity index (χ4v) is 3.07. The Morgan fingerprint density at radius 3 is 2.29 bits per heavy atom. The summed E-state index contributed by atoms with van der Waals surface area (Å²) in [5.74, 6) is -0.982. The first kappa shape index (κ1) is 26.6. The van der Waals surface area contributed by atoms with E-state index in [-0.39, 0.29) is 19.4 Å². The van der Waals surface area contributed by atoms with Gasteiger partial charge in [-0.05, 0) is 38.8 Å². The summed E-state index contributed by atoms with van der Waals surface area (Å²) in [4.78, 5) is 42.0. The summed E-state index contributed by atoms with van der Waals surface area (Å²) in [7, 11) is -1.31. The zero-order valence-corrected chi connectivity index (χ0v) is 20.4. The van der Waals surface area contributed by atoms with Gasteiger partial charge in [0.2, 0.25) is 0 Å². The van der Waals surface area contributed by atoms with Crippen molar-refractivity contribution in [1.29, 1.82) is 0 Å². The van der Waals surface area contributed by atoms with Crippen LogP contribution in [0, 0.1) is 0 Å². The van der Waals surface area contributed by atoms with Crippen molar-refractivity contribution in [1.82, 2.24) is 10.8 Å². The minimum atomic E-state index is -1.31. The number of carbonyl (C=O) groups is 3. The number of carbonyl (C=O) groups excluding carboxylic acids is 3. The number of hydroxylamine groups is 1. The summed E-state index contributed by atoms with van der Waals surface area (Å²) in [5.41, 5.74) is 2.49. The van der Waals surface area contributed by atoms with Gasteiger partial charge < -0.3 is 14.8 Å². The lowest BCUT2D eigenvalue weighted by Crippen LogP contribution is -2.48. The van der Waals surface area contributed by atoms with Crippen LogP contribution in [0.3, 0.4) is 0 Å². The number of hydrogen-bond acceptors (Lipinski definition) is 6. The van der Waals surface area contributed by atoms with Crippen molar-refractivity contribution in [2.75, 3.05) is 6.61 Å². The van der Waals surface area contributed by atoms with Gasteiger partial charge in [-0.15, -0.1) is 0 Å². The lowest BCUT2D eigenvalue weighted by atomic mass is 10.1. The lowest BCUT2D eigenvalue weighted by Gasteiger charge is -2.23. The van der Waals surface area contributed by atoms with Crippen LogP contribution in [0.5, 0.6) is 0 Å². The monoisotopic (exact) mass is 452 g/mol. The molecule has 31 heavy (non-hydrogen) atoms. The van der Waals surface area contributed by atoms with E-state index in [1.807, 2.05) is 30.3 Å². The van der Waals surface area contributed by atoms with Gasteiger partial charge in [0.25, 0.3) is 5.91 Å². The molecule has 1 aromatic rings. The number of esters is 1. The molecule has 0 saturated heterocycles. The van der Waals surface area contributed by atoms with Crippen LogP contribution in [0.15, 0.2) is 30.3 Å². The molecule has 0 heterocycles. The molecule has 1 aromatic carbocycles. The second-order valence-electron chi connectivity index (χ2n) is 9.51. The topological polar surface area (TPSA) is 103 Å². The Balaban J connectivity index is 2.59. The summed E-state index contributed by atoms with van der Waals surface area (Å²) in [6, 6.07) is 9.19. The number of rotatable bonds is 11. The quantitative estimate of drug-likeness (QED) is 0.301. The van der Waals surface area contributed by atoms with Crippen LogP contribution in [-0.4, -0.2) is 44.3 Å². The first-order valence-electron chi connectivity index (χ1n) is 10.5. The standard InChI is InChI=1S/C22H36N2O6Si/c1-22(2,3)30-21(27)23-18(12-13-19(25)28-14-15-31(4,5)6)20(26)24-29-16-17-10-8-7-9-11-17/h7-11,18H,12-16H2,1-6H3,(H,23,27)(H,24,26)/t18-/m0/s1. The van der Waals surface area contributed by atoms with Crippen LogP contribution in [0.25, 0.3) is 0 Å². The summed E-state index contributed by atoms with van der Waals surface area (Å²) < 4.78 is 10.5. The van der Waals surface area contributed by atoms with Crippen molar-refractivity contribution in [3.05, 3.63) is 35.9 Å². The van der Waals surface area contributed by atoms with Crippen LogP contribution in [0.2, 0.25) is 25.7 Å². The molecule has 2 N–H and O–H groups in total. The Hall–Kier alpha value is -2.39. The van der Waals surface area contributed by atoms with Crippen LogP contribution >= 0.6 is 0 Å². The number of hydrogen-bond donors (Lipinski definition) is 2. The molecule has 0 unspecified atom stereocenters. The smallest absolute Gasteiger partial charge is 0.408 e. The highest BCUT2D eigenvalue weighted by Crippen LogP contribution is 2.10. The van der Waals surface area contributed by atoms with Crippen molar-refractivity contribution in [3.63, 3.8) is 0 Å². The van der Waals surface area contributed by atoms with E-state index in [4.69, 9.17) is 14.3 Å². The van der Waals surface area contributed by atoms with E-state index in [1.165, 1.54) is 0 Å². The highest BCUT2D eigenvalue weighted by molar-refractivity contribution is 6.76. The molecule has 1 atom stereocenters. The predicted molar refractivity (Wildman–Crippen MR) is 121 cm³/mol. The summed E-state index contributed by atoms with van der Waals surface area (Å²) in [6.45, 7) is 12.3. The Morgan fingerprint density at radius 2 is 1.71 bits per heavy atom. The average molecular weight is 453 g/mol. The summed E-state index contributed by atoms with van der Waals surface area (Å²) in [6.07, 6.45) is -0.702. The molecule has 0 aliphatic heterocycles.